The fourth-order valence-electron chi connectivity index (χ4n) is 2.47. The monoisotopic (exact) mass is 394 g/mol. The van der Waals surface area contributed by atoms with E-state index in [4.69, 9.17) is 5.73 Å². The van der Waals surface area contributed by atoms with Gasteiger partial charge >= 0.3 is 0 Å². The van der Waals surface area contributed by atoms with Crippen molar-refractivity contribution >= 4 is 23.3 Å². The van der Waals surface area contributed by atoms with Crippen molar-refractivity contribution in [3.05, 3.63) is 71.5 Å². The Kier molecular flexibility index (Phi) is 12.8. The largest absolute Gasteiger partial charge is 0.398 e. The van der Waals surface area contributed by atoms with Crippen molar-refractivity contribution in [1.82, 2.24) is 5.32 Å². The van der Waals surface area contributed by atoms with E-state index in [1.807, 2.05) is 58.2 Å². The molecule has 0 aromatic heterocycles. The van der Waals surface area contributed by atoms with Crippen molar-refractivity contribution in [3.63, 3.8) is 0 Å². The standard InChI is InChI=1S/C22H31N3.C3H7N/c1-8-19(17(6)14-24-18(7)25-16(4)5)13-21(15(2)3)20-11-9-10-12-22(20)23;1-3-4-2/h8-14,16H,2,23H2,1,3-7H3,(H,24,25);3H,1-2H3/b17-14+,19-8+,21-13+;. The molecule has 1 aromatic rings. The number of allylic oxidation sites excluding steroid dienone is 6. The van der Waals surface area contributed by atoms with Crippen LogP contribution in [-0.4, -0.2) is 25.1 Å². The summed E-state index contributed by atoms with van der Waals surface area (Å²) in [5.41, 5.74) is 12.2. The van der Waals surface area contributed by atoms with Gasteiger partial charge in [0.05, 0.1) is 5.84 Å². The topological polar surface area (TPSA) is 62.8 Å². The number of hydrogen-bond acceptors (Lipinski definition) is 3. The van der Waals surface area contributed by atoms with Crippen LogP contribution in [-0.2, 0) is 0 Å². The third-order valence-electron chi connectivity index (χ3n) is 3.98. The van der Waals surface area contributed by atoms with Crippen molar-refractivity contribution < 1.29 is 0 Å². The minimum absolute atomic E-state index is 0.276. The summed E-state index contributed by atoms with van der Waals surface area (Å²) in [6, 6.07) is 8.15. The summed E-state index contributed by atoms with van der Waals surface area (Å²) in [6.07, 6.45) is 7.96. The van der Waals surface area contributed by atoms with Gasteiger partial charge in [-0.05, 0) is 83.5 Å². The summed E-state index contributed by atoms with van der Waals surface area (Å²) < 4.78 is 0. The van der Waals surface area contributed by atoms with Crippen LogP contribution in [0, 0.1) is 0 Å². The zero-order chi connectivity index (χ0) is 22.4. The molecule has 0 spiro atoms. The number of amidine groups is 1. The van der Waals surface area contributed by atoms with Crippen molar-refractivity contribution in [2.24, 2.45) is 9.98 Å². The van der Waals surface area contributed by atoms with Gasteiger partial charge in [-0.15, -0.1) is 0 Å². The highest BCUT2D eigenvalue weighted by molar-refractivity contribution is 5.86. The smallest absolute Gasteiger partial charge is 0.0974 e. The number of aliphatic imine (C=N–C) groups is 2. The third kappa shape index (κ3) is 10.3. The molecule has 4 heteroatoms. The Labute approximate surface area is 177 Å². The van der Waals surface area contributed by atoms with E-state index in [0.717, 1.165) is 39.4 Å². The van der Waals surface area contributed by atoms with Crippen molar-refractivity contribution in [1.29, 1.82) is 0 Å². The first-order valence-corrected chi connectivity index (χ1v) is 9.91. The lowest BCUT2D eigenvalue weighted by Gasteiger charge is -2.13. The molecular formula is C25H38N4. The summed E-state index contributed by atoms with van der Waals surface area (Å²) >= 11 is 0. The lowest BCUT2D eigenvalue weighted by molar-refractivity contribution is 0.827. The van der Waals surface area contributed by atoms with Crippen LogP contribution in [0.25, 0.3) is 5.57 Å². The maximum absolute atomic E-state index is 6.15. The first kappa shape index (κ1) is 26.1. The zero-order valence-corrected chi connectivity index (χ0v) is 19.4. The van der Waals surface area contributed by atoms with Crippen LogP contribution < -0.4 is 11.1 Å². The first-order chi connectivity index (χ1) is 13.7. The Balaban J connectivity index is 0.00000178. The molecule has 0 aliphatic heterocycles. The normalized spacial score (nSPS) is 13.4. The number of anilines is 1. The van der Waals surface area contributed by atoms with Crippen LogP contribution in [0.3, 0.4) is 0 Å². The van der Waals surface area contributed by atoms with Crippen LogP contribution in [0.2, 0.25) is 0 Å². The van der Waals surface area contributed by atoms with E-state index >= 15 is 0 Å². The highest BCUT2D eigenvalue weighted by Gasteiger charge is 2.08. The van der Waals surface area contributed by atoms with Gasteiger partial charge in [0.15, 0.2) is 0 Å². The summed E-state index contributed by atoms with van der Waals surface area (Å²) in [5.74, 6) is 0.904. The number of nitrogens with two attached hydrogens (primary N) is 1. The van der Waals surface area contributed by atoms with Gasteiger partial charge in [0.2, 0.25) is 0 Å². The van der Waals surface area contributed by atoms with E-state index in [0.29, 0.717) is 0 Å². The van der Waals surface area contributed by atoms with E-state index in [1.165, 1.54) is 0 Å². The molecule has 0 atom stereocenters. The number of nitrogens with zero attached hydrogens (tertiary/aromatic N) is 2. The Hall–Kier alpha value is -2.88. The predicted octanol–water partition coefficient (Wildman–Crippen LogP) is 6.20. The molecule has 158 valence electrons. The maximum Gasteiger partial charge on any atom is 0.0974 e. The summed E-state index contributed by atoms with van der Waals surface area (Å²) in [4.78, 5) is 8.09. The first-order valence-electron chi connectivity index (χ1n) is 9.91. The lowest BCUT2D eigenvalue weighted by atomic mass is 9.94. The lowest BCUT2D eigenvalue weighted by Crippen LogP contribution is -2.15. The number of para-hydroxylation sites is 1. The van der Waals surface area contributed by atoms with Gasteiger partial charge in [-0.25, -0.2) is 0 Å². The van der Waals surface area contributed by atoms with Crippen molar-refractivity contribution in [3.8, 4) is 0 Å². The Morgan fingerprint density at radius 3 is 2.17 bits per heavy atom. The highest BCUT2D eigenvalue weighted by atomic mass is 15.0. The van der Waals surface area contributed by atoms with Crippen LogP contribution in [0.5, 0.6) is 0 Å². The minimum atomic E-state index is 0.276. The molecule has 29 heavy (non-hydrogen) atoms. The number of hydrogen-bond donors (Lipinski definition) is 2. The average Bonchev–Trinajstić information content (AvgIpc) is 2.67. The number of benzene rings is 1. The van der Waals surface area contributed by atoms with Crippen molar-refractivity contribution in [2.45, 2.75) is 54.5 Å². The Bertz CT molecular complexity index is 802. The Morgan fingerprint density at radius 1 is 1.14 bits per heavy atom. The molecule has 4 nitrogen and oxygen atoms in total. The van der Waals surface area contributed by atoms with Gasteiger partial charge in [0.1, 0.15) is 0 Å². The van der Waals surface area contributed by atoms with Gasteiger partial charge in [-0.3, -0.25) is 4.99 Å². The van der Waals surface area contributed by atoms with E-state index in [9.17, 15) is 0 Å². The van der Waals surface area contributed by atoms with Gasteiger partial charge < -0.3 is 16.0 Å². The molecule has 0 fully saturated rings. The molecule has 0 radical (unpaired) electrons. The van der Waals surface area contributed by atoms with Crippen LogP contribution in [0.1, 0.15) is 54.0 Å². The molecule has 0 unspecified atom stereocenters. The molecule has 0 amide bonds. The molecule has 1 aromatic carbocycles. The van der Waals surface area contributed by atoms with E-state index in [-0.39, 0.29) is 6.04 Å². The fourth-order valence-corrected chi connectivity index (χ4v) is 2.47. The third-order valence-corrected chi connectivity index (χ3v) is 3.98. The quantitative estimate of drug-likeness (QED) is 0.261. The summed E-state index contributed by atoms with van der Waals surface area (Å²) in [5, 5.41) is 3.25. The van der Waals surface area contributed by atoms with Gasteiger partial charge in [0.25, 0.3) is 0 Å². The van der Waals surface area contributed by atoms with E-state index < -0.39 is 0 Å². The van der Waals surface area contributed by atoms with Crippen LogP contribution in [0.15, 0.2) is 75.9 Å². The molecule has 0 saturated carbocycles. The molecule has 0 aliphatic rings. The van der Waals surface area contributed by atoms with Gasteiger partial charge in [-0.1, -0.05) is 36.4 Å². The van der Waals surface area contributed by atoms with E-state index in [1.54, 1.807) is 13.3 Å². The zero-order valence-electron chi connectivity index (χ0n) is 19.4. The van der Waals surface area contributed by atoms with Gasteiger partial charge in [-0.2, -0.15) is 0 Å². The maximum atomic E-state index is 6.15. The second-order valence-corrected chi connectivity index (χ2v) is 6.97. The number of rotatable bonds is 6. The summed E-state index contributed by atoms with van der Waals surface area (Å²) in [7, 11) is 1.75. The molecule has 3 N–H and O–H groups in total. The highest BCUT2D eigenvalue weighted by Crippen LogP contribution is 2.29. The average molecular weight is 395 g/mol. The molecule has 0 aliphatic carbocycles. The second-order valence-electron chi connectivity index (χ2n) is 6.97. The Morgan fingerprint density at radius 2 is 1.72 bits per heavy atom. The molecule has 0 bridgehead atoms. The molecule has 0 saturated heterocycles. The van der Waals surface area contributed by atoms with Crippen LogP contribution in [0.4, 0.5) is 5.69 Å². The SMILES string of the molecule is C=C(C)\C(=C/C(=C\C)C(/C)=C/NC(C)=NC(C)C)c1ccccc1N.CC=NC. The van der Waals surface area contributed by atoms with Crippen molar-refractivity contribution in [2.75, 3.05) is 12.8 Å². The minimum Gasteiger partial charge on any atom is -0.398 e. The summed E-state index contributed by atoms with van der Waals surface area (Å²) in [6.45, 7) is 18.2. The molecule has 1 rings (SSSR count). The molecule has 0 heterocycles. The van der Waals surface area contributed by atoms with E-state index in [2.05, 4.69) is 54.8 Å². The van der Waals surface area contributed by atoms with Crippen LogP contribution >= 0.6 is 0 Å². The number of nitrogen functional groups attached to an aromatic ring is 1. The van der Waals surface area contributed by atoms with Gasteiger partial charge in [0, 0.05) is 30.5 Å². The predicted molar refractivity (Wildman–Crippen MR) is 133 cm³/mol. The second kappa shape index (κ2) is 14.2. The molecular weight excluding hydrogens is 356 g/mol. The number of nitrogens with one attached hydrogen (secondary N) is 1. The fraction of sp³-hybridized carbons (Fsp3) is 0.360.